The highest BCUT2D eigenvalue weighted by Crippen LogP contribution is 2.15. The number of amides is 1. The molecule has 5 heteroatoms. The molecule has 1 aliphatic rings. The maximum absolute atomic E-state index is 12.5. The van der Waals surface area contributed by atoms with E-state index in [0.717, 1.165) is 30.3 Å². The average Bonchev–Trinajstić information content (AvgIpc) is 2.56. The van der Waals surface area contributed by atoms with Crippen molar-refractivity contribution in [2.75, 3.05) is 19.7 Å². The van der Waals surface area contributed by atoms with Crippen molar-refractivity contribution < 1.29 is 9.53 Å². The lowest BCUT2D eigenvalue weighted by Gasteiger charge is -2.32. The fourth-order valence-corrected chi connectivity index (χ4v) is 3.14. The number of rotatable bonds is 4. The Hall–Kier alpha value is -2.14. The van der Waals surface area contributed by atoms with Crippen LogP contribution in [-0.2, 0) is 16.0 Å². The molecule has 1 saturated heterocycles. The highest BCUT2D eigenvalue weighted by molar-refractivity contribution is 5.82. The predicted molar refractivity (Wildman–Crippen MR) is 89.5 cm³/mol. The van der Waals surface area contributed by atoms with Crippen molar-refractivity contribution >= 4 is 16.8 Å². The molecule has 3 rings (SSSR count). The SMILES string of the molecule is CCOC1CCCN(C(=O)Cc2cc3ccccc3[nH]c2=O)C1. The molecule has 0 aliphatic carbocycles. The molecule has 5 nitrogen and oxygen atoms in total. The second kappa shape index (κ2) is 6.96. The summed E-state index contributed by atoms with van der Waals surface area (Å²) in [6, 6.07) is 9.41. The summed E-state index contributed by atoms with van der Waals surface area (Å²) in [4.78, 5) is 29.4. The number of para-hydroxylation sites is 1. The first-order valence-corrected chi connectivity index (χ1v) is 8.17. The zero-order chi connectivity index (χ0) is 16.2. The summed E-state index contributed by atoms with van der Waals surface area (Å²) in [5.41, 5.74) is 1.13. The van der Waals surface area contributed by atoms with E-state index in [2.05, 4.69) is 4.98 Å². The van der Waals surface area contributed by atoms with Crippen LogP contribution >= 0.6 is 0 Å². The Morgan fingerprint density at radius 3 is 3.04 bits per heavy atom. The molecule has 23 heavy (non-hydrogen) atoms. The number of hydrogen-bond donors (Lipinski definition) is 1. The first kappa shape index (κ1) is 15.7. The lowest BCUT2D eigenvalue weighted by molar-refractivity contribution is -0.134. The van der Waals surface area contributed by atoms with Gasteiger partial charge in [-0.15, -0.1) is 0 Å². The van der Waals surface area contributed by atoms with Crippen molar-refractivity contribution in [3.05, 3.63) is 46.2 Å². The Bertz CT molecular complexity index is 751. The molecular weight excluding hydrogens is 292 g/mol. The van der Waals surface area contributed by atoms with E-state index in [1.807, 2.05) is 42.2 Å². The molecule has 1 N–H and O–H groups in total. The number of fused-ring (bicyclic) bond motifs is 1. The van der Waals surface area contributed by atoms with Gasteiger partial charge in [0, 0.05) is 30.8 Å². The topological polar surface area (TPSA) is 62.4 Å². The lowest BCUT2D eigenvalue weighted by atomic mass is 10.1. The summed E-state index contributed by atoms with van der Waals surface area (Å²) in [5.74, 6) is -0.00446. The molecule has 0 bridgehead atoms. The smallest absolute Gasteiger partial charge is 0.252 e. The zero-order valence-corrected chi connectivity index (χ0v) is 13.4. The van der Waals surface area contributed by atoms with E-state index in [1.54, 1.807) is 0 Å². The number of nitrogens with one attached hydrogen (secondary N) is 1. The average molecular weight is 314 g/mol. The van der Waals surface area contributed by atoms with Crippen LogP contribution in [0.25, 0.3) is 10.9 Å². The van der Waals surface area contributed by atoms with E-state index < -0.39 is 0 Å². The molecule has 122 valence electrons. The van der Waals surface area contributed by atoms with Crippen molar-refractivity contribution in [2.24, 2.45) is 0 Å². The van der Waals surface area contributed by atoms with Crippen LogP contribution in [0.2, 0.25) is 0 Å². The van der Waals surface area contributed by atoms with Gasteiger partial charge in [0.25, 0.3) is 5.56 Å². The van der Waals surface area contributed by atoms with Crippen LogP contribution in [0, 0.1) is 0 Å². The summed E-state index contributed by atoms with van der Waals surface area (Å²) >= 11 is 0. The Kier molecular flexibility index (Phi) is 4.76. The first-order chi connectivity index (χ1) is 11.2. The number of likely N-dealkylation sites (tertiary alicyclic amines) is 1. The largest absolute Gasteiger partial charge is 0.377 e. The minimum Gasteiger partial charge on any atom is -0.377 e. The highest BCUT2D eigenvalue weighted by atomic mass is 16.5. The Labute approximate surface area is 135 Å². The van der Waals surface area contributed by atoms with Gasteiger partial charge >= 0.3 is 0 Å². The summed E-state index contributed by atoms with van der Waals surface area (Å²) in [7, 11) is 0. The number of benzene rings is 1. The molecule has 1 fully saturated rings. The maximum atomic E-state index is 12.5. The van der Waals surface area contributed by atoms with Crippen LogP contribution in [-0.4, -0.2) is 41.6 Å². The van der Waals surface area contributed by atoms with E-state index in [4.69, 9.17) is 4.74 Å². The summed E-state index contributed by atoms with van der Waals surface area (Å²) in [6.45, 7) is 4.00. The Morgan fingerprint density at radius 1 is 1.39 bits per heavy atom. The second-order valence-electron chi connectivity index (χ2n) is 5.95. The number of aromatic nitrogens is 1. The monoisotopic (exact) mass is 314 g/mol. The van der Waals surface area contributed by atoms with Crippen LogP contribution in [0.15, 0.2) is 35.1 Å². The number of nitrogens with zero attached hydrogens (tertiary/aromatic N) is 1. The number of hydrogen-bond acceptors (Lipinski definition) is 3. The number of pyridine rings is 1. The van der Waals surface area contributed by atoms with Gasteiger partial charge in [0.05, 0.1) is 12.5 Å². The second-order valence-corrected chi connectivity index (χ2v) is 5.95. The normalized spacial score (nSPS) is 18.3. The van der Waals surface area contributed by atoms with E-state index in [0.29, 0.717) is 18.7 Å². The molecule has 1 atom stereocenters. The van der Waals surface area contributed by atoms with Gasteiger partial charge < -0.3 is 14.6 Å². The van der Waals surface area contributed by atoms with Crippen molar-refractivity contribution in [2.45, 2.75) is 32.3 Å². The zero-order valence-electron chi connectivity index (χ0n) is 13.4. The molecule has 1 unspecified atom stereocenters. The first-order valence-electron chi connectivity index (χ1n) is 8.17. The number of piperidine rings is 1. The molecule has 1 aliphatic heterocycles. The summed E-state index contributed by atoms with van der Waals surface area (Å²) in [6.07, 6.45) is 2.20. The third kappa shape index (κ3) is 3.62. The third-order valence-electron chi connectivity index (χ3n) is 4.31. The maximum Gasteiger partial charge on any atom is 0.252 e. The third-order valence-corrected chi connectivity index (χ3v) is 4.31. The highest BCUT2D eigenvalue weighted by Gasteiger charge is 2.24. The molecule has 0 saturated carbocycles. The van der Waals surface area contributed by atoms with Crippen molar-refractivity contribution in [3.63, 3.8) is 0 Å². The molecule has 1 aromatic heterocycles. The molecule has 0 radical (unpaired) electrons. The minimum absolute atomic E-state index is 0.00446. The van der Waals surface area contributed by atoms with Gasteiger partial charge in [-0.1, -0.05) is 18.2 Å². The lowest BCUT2D eigenvalue weighted by Crippen LogP contribution is -2.44. The molecular formula is C18H22N2O3. The van der Waals surface area contributed by atoms with Gasteiger partial charge in [-0.2, -0.15) is 0 Å². The number of carbonyl (C=O) groups excluding carboxylic acids is 1. The van der Waals surface area contributed by atoms with Gasteiger partial charge in [-0.25, -0.2) is 0 Å². The van der Waals surface area contributed by atoms with Gasteiger partial charge in [-0.3, -0.25) is 9.59 Å². The quantitative estimate of drug-likeness (QED) is 0.940. The fraction of sp³-hybridized carbons (Fsp3) is 0.444. The van der Waals surface area contributed by atoms with Gasteiger partial charge in [0.1, 0.15) is 0 Å². The van der Waals surface area contributed by atoms with Crippen molar-refractivity contribution in [1.82, 2.24) is 9.88 Å². The Morgan fingerprint density at radius 2 is 2.22 bits per heavy atom. The van der Waals surface area contributed by atoms with E-state index in [-0.39, 0.29) is 24.0 Å². The number of carbonyl (C=O) groups is 1. The van der Waals surface area contributed by atoms with E-state index in [1.165, 1.54) is 0 Å². The van der Waals surface area contributed by atoms with E-state index >= 15 is 0 Å². The van der Waals surface area contributed by atoms with Crippen LogP contribution < -0.4 is 5.56 Å². The van der Waals surface area contributed by atoms with Crippen LogP contribution in [0.1, 0.15) is 25.3 Å². The fourth-order valence-electron chi connectivity index (χ4n) is 3.14. The summed E-state index contributed by atoms with van der Waals surface area (Å²) < 4.78 is 5.63. The standard InChI is InChI=1S/C18H22N2O3/c1-2-23-15-7-5-9-20(12-15)17(21)11-14-10-13-6-3-4-8-16(13)19-18(14)22/h3-4,6,8,10,15H,2,5,7,9,11-12H2,1H3,(H,19,22). The number of H-pyrrole nitrogens is 1. The number of ether oxygens (including phenoxy) is 1. The summed E-state index contributed by atoms with van der Waals surface area (Å²) in [5, 5.41) is 0.945. The van der Waals surface area contributed by atoms with Crippen LogP contribution in [0.5, 0.6) is 0 Å². The van der Waals surface area contributed by atoms with Crippen molar-refractivity contribution in [1.29, 1.82) is 0 Å². The Balaban J connectivity index is 1.74. The van der Waals surface area contributed by atoms with E-state index in [9.17, 15) is 9.59 Å². The predicted octanol–water partition coefficient (Wildman–Crippen LogP) is 2.10. The van der Waals surface area contributed by atoms with Gasteiger partial charge in [0.2, 0.25) is 5.91 Å². The molecule has 2 heterocycles. The van der Waals surface area contributed by atoms with Crippen LogP contribution in [0.4, 0.5) is 0 Å². The van der Waals surface area contributed by atoms with Crippen LogP contribution in [0.3, 0.4) is 0 Å². The molecule has 0 spiro atoms. The molecule has 1 amide bonds. The van der Waals surface area contributed by atoms with Gasteiger partial charge in [-0.05, 0) is 37.3 Å². The molecule has 1 aromatic carbocycles. The minimum atomic E-state index is -0.185. The van der Waals surface area contributed by atoms with Crippen molar-refractivity contribution in [3.8, 4) is 0 Å². The molecule has 2 aromatic rings. The number of aromatic amines is 1. The van der Waals surface area contributed by atoms with Gasteiger partial charge in [0.15, 0.2) is 0 Å².